The zero-order chi connectivity index (χ0) is 17.1. The lowest BCUT2D eigenvalue weighted by Crippen LogP contribution is -2.27. The van der Waals surface area contributed by atoms with Crippen LogP contribution in [0, 0.1) is 30.6 Å². The highest BCUT2D eigenvalue weighted by Gasteiger charge is 2.51. The molecule has 0 aliphatic heterocycles. The van der Waals surface area contributed by atoms with Gasteiger partial charge in [-0.25, -0.2) is 9.59 Å². The van der Waals surface area contributed by atoms with Crippen molar-refractivity contribution in [2.75, 3.05) is 0 Å². The molecule has 0 aromatic heterocycles. The van der Waals surface area contributed by atoms with E-state index < -0.39 is 0 Å². The Kier molecular flexibility index (Phi) is 4.86. The van der Waals surface area contributed by atoms with Crippen molar-refractivity contribution in [2.45, 2.75) is 32.3 Å². The number of benzene rings is 1. The van der Waals surface area contributed by atoms with E-state index in [0.717, 1.165) is 24.2 Å². The normalized spacial score (nSPS) is 31.5. The minimum Gasteiger partial charge on any atom is -0.393 e. The van der Waals surface area contributed by atoms with Crippen LogP contribution < -0.4 is 0 Å². The molecule has 0 spiro atoms. The number of aliphatic hydroxyl groups is 1. The largest absolute Gasteiger partial charge is 0.393 e. The lowest BCUT2D eigenvalue weighted by atomic mass is 9.80. The number of isocyanates is 2. The Balaban J connectivity index is 0.000000142. The monoisotopic (exact) mass is 324 g/mol. The summed E-state index contributed by atoms with van der Waals surface area (Å²) in [5, 5.41) is 9.64. The Morgan fingerprint density at radius 1 is 1.08 bits per heavy atom. The molecular formula is C19H20N2O3. The van der Waals surface area contributed by atoms with Gasteiger partial charge in [0.05, 0.1) is 17.5 Å². The maximum absolute atomic E-state index is 10.00. The van der Waals surface area contributed by atoms with Gasteiger partial charge in [0.2, 0.25) is 12.2 Å². The zero-order valence-electron chi connectivity index (χ0n) is 13.6. The average Bonchev–Trinajstić information content (AvgIpc) is 3.25. The van der Waals surface area contributed by atoms with Crippen molar-refractivity contribution in [2.24, 2.45) is 33.7 Å². The van der Waals surface area contributed by atoms with Gasteiger partial charge in [0.1, 0.15) is 0 Å². The first kappa shape index (κ1) is 16.5. The standard InChI is InChI=1S/C10H14O.C9H6N2O2/c11-10-5-6-4-9(10)8-3-1-2-7(6)8;1-7-8(10-5-12)3-2-4-9(7)11-6-13/h1-2,6-11H,3-5H2;2-4H,1H3. The van der Waals surface area contributed by atoms with Crippen molar-refractivity contribution in [3.63, 3.8) is 0 Å². The molecule has 2 bridgehead atoms. The van der Waals surface area contributed by atoms with E-state index in [0.29, 0.717) is 22.9 Å². The summed E-state index contributed by atoms with van der Waals surface area (Å²) in [5.41, 5.74) is 1.59. The molecule has 5 unspecified atom stereocenters. The predicted octanol–water partition coefficient (Wildman–Crippen LogP) is 3.51. The molecule has 124 valence electrons. The van der Waals surface area contributed by atoms with E-state index in [9.17, 15) is 14.7 Å². The number of fused-ring (bicyclic) bond motifs is 5. The number of nitrogens with zero attached hydrogens (tertiary/aromatic N) is 2. The number of carbonyl (C=O) groups excluding carboxylic acids is 2. The summed E-state index contributed by atoms with van der Waals surface area (Å²) in [4.78, 5) is 26.9. The second-order valence-electron chi connectivity index (χ2n) is 6.70. The fourth-order valence-corrected chi connectivity index (χ4v) is 4.47. The highest BCUT2D eigenvalue weighted by molar-refractivity contribution is 5.64. The minimum atomic E-state index is 0.0427. The SMILES string of the molecule is Cc1c(N=C=O)cccc1N=C=O.OC1CC2CC1C1CC=CC21. The molecule has 5 atom stereocenters. The van der Waals surface area contributed by atoms with Gasteiger partial charge in [0, 0.05) is 5.56 Å². The Hall–Kier alpha value is -2.32. The number of hydrogen-bond donors (Lipinski definition) is 1. The fourth-order valence-electron chi connectivity index (χ4n) is 4.47. The zero-order valence-corrected chi connectivity index (χ0v) is 13.6. The third kappa shape index (κ3) is 3.02. The van der Waals surface area contributed by atoms with Crippen molar-refractivity contribution in [1.82, 2.24) is 0 Å². The van der Waals surface area contributed by atoms with Gasteiger partial charge in [-0.2, -0.15) is 9.98 Å². The van der Waals surface area contributed by atoms with Crippen LogP contribution in [0.4, 0.5) is 11.4 Å². The lowest BCUT2D eigenvalue weighted by molar-refractivity contribution is 0.0697. The first-order chi connectivity index (χ1) is 11.7. The third-order valence-corrected chi connectivity index (χ3v) is 5.58. The second kappa shape index (κ2) is 7.06. The van der Waals surface area contributed by atoms with Crippen molar-refractivity contribution in [3.8, 4) is 0 Å². The summed E-state index contributed by atoms with van der Waals surface area (Å²) in [5.74, 6) is 3.16. The van der Waals surface area contributed by atoms with Crippen molar-refractivity contribution in [3.05, 3.63) is 35.9 Å². The summed E-state index contributed by atoms with van der Waals surface area (Å²) in [6.07, 6.45) is 11.2. The minimum absolute atomic E-state index is 0.0427. The Labute approximate surface area is 140 Å². The fraction of sp³-hybridized carbons (Fsp3) is 0.474. The summed E-state index contributed by atoms with van der Waals surface area (Å²) in [6, 6.07) is 4.94. The topological polar surface area (TPSA) is 79.1 Å². The van der Waals surface area contributed by atoms with Gasteiger partial charge in [-0.3, -0.25) is 0 Å². The van der Waals surface area contributed by atoms with Crippen molar-refractivity contribution >= 4 is 23.5 Å². The lowest BCUT2D eigenvalue weighted by Gasteiger charge is -2.27. The van der Waals surface area contributed by atoms with E-state index in [-0.39, 0.29) is 6.10 Å². The van der Waals surface area contributed by atoms with E-state index in [4.69, 9.17) is 0 Å². The quantitative estimate of drug-likeness (QED) is 0.513. The molecule has 5 nitrogen and oxygen atoms in total. The van der Waals surface area contributed by atoms with Crippen LogP contribution in [-0.2, 0) is 9.59 Å². The molecule has 0 radical (unpaired) electrons. The number of allylic oxidation sites excluding steroid dienone is 2. The summed E-state index contributed by atoms with van der Waals surface area (Å²) < 4.78 is 0. The van der Waals surface area contributed by atoms with E-state index in [2.05, 4.69) is 22.1 Å². The van der Waals surface area contributed by atoms with Crippen molar-refractivity contribution < 1.29 is 14.7 Å². The summed E-state index contributed by atoms with van der Waals surface area (Å²) in [7, 11) is 0. The Morgan fingerprint density at radius 2 is 1.75 bits per heavy atom. The average molecular weight is 324 g/mol. The molecule has 24 heavy (non-hydrogen) atoms. The van der Waals surface area contributed by atoms with Gasteiger partial charge in [-0.15, -0.1) is 0 Å². The number of rotatable bonds is 2. The molecule has 2 fully saturated rings. The van der Waals surface area contributed by atoms with Crippen LogP contribution in [0.3, 0.4) is 0 Å². The highest BCUT2D eigenvalue weighted by atomic mass is 16.3. The molecule has 1 aromatic carbocycles. The molecule has 1 N–H and O–H groups in total. The number of aliphatic hydroxyl groups excluding tert-OH is 1. The molecule has 0 heterocycles. The maximum Gasteiger partial charge on any atom is 0.240 e. The van der Waals surface area contributed by atoms with Gasteiger partial charge in [-0.05, 0) is 62.0 Å². The Bertz CT molecular complexity index is 709. The van der Waals surface area contributed by atoms with E-state index in [1.165, 1.54) is 25.0 Å². The molecule has 0 saturated heterocycles. The van der Waals surface area contributed by atoms with Crippen LogP contribution in [0.1, 0.15) is 24.8 Å². The highest BCUT2D eigenvalue weighted by Crippen LogP contribution is 2.56. The second-order valence-corrected chi connectivity index (χ2v) is 6.70. The smallest absolute Gasteiger partial charge is 0.240 e. The van der Waals surface area contributed by atoms with Gasteiger partial charge in [0.25, 0.3) is 0 Å². The predicted molar refractivity (Wildman–Crippen MR) is 89.7 cm³/mol. The first-order valence-corrected chi connectivity index (χ1v) is 8.25. The van der Waals surface area contributed by atoms with Crippen LogP contribution in [0.5, 0.6) is 0 Å². The van der Waals surface area contributed by atoms with Gasteiger partial charge in [0.15, 0.2) is 0 Å². The first-order valence-electron chi connectivity index (χ1n) is 8.25. The number of hydrogen-bond acceptors (Lipinski definition) is 5. The summed E-state index contributed by atoms with van der Waals surface area (Å²) in [6.45, 7) is 1.71. The van der Waals surface area contributed by atoms with Crippen molar-refractivity contribution in [1.29, 1.82) is 0 Å². The molecule has 5 heteroatoms. The van der Waals surface area contributed by atoms with Crippen LogP contribution in [0.25, 0.3) is 0 Å². The maximum atomic E-state index is 10.00. The molecule has 2 saturated carbocycles. The van der Waals surface area contributed by atoms with E-state index in [1.54, 1.807) is 25.1 Å². The summed E-state index contributed by atoms with van der Waals surface area (Å²) >= 11 is 0. The Morgan fingerprint density at radius 3 is 2.38 bits per heavy atom. The molecule has 0 amide bonds. The molecule has 3 aliphatic carbocycles. The third-order valence-electron chi connectivity index (χ3n) is 5.58. The number of aliphatic imine (C=N–C) groups is 2. The van der Waals surface area contributed by atoms with Crippen LogP contribution in [0.2, 0.25) is 0 Å². The van der Waals surface area contributed by atoms with Crippen LogP contribution >= 0.6 is 0 Å². The molecule has 4 rings (SSSR count). The van der Waals surface area contributed by atoms with Crippen LogP contribution in [-0.4, -0.2) is 23.4 Å². The van der Waals surface area contributed by atoms with Gasteiger partial charge >= 0.3 is 0 Å². The van der Waals surface area contributed by atoms with Gasteiger partial charge in [-0.1, -0.05) is 18.2 Å². The van der Waals surface area contributed by atoms with Gasteiger partial charge < -0.3 is 5.11 Å². The molecule has 1 aromatic rings. The molecular weight excluding hydrogens is 304 g/mol. The molecule has 3 aliphatic rings. The van der Waals surface area contributed by atoms with Crippen LogP contribution in [0.15, 0.2) is 40.3 Å². The van der Waals surface area contributed by atoms with E-state index in [1.807, 2.05) is 0 Å². The van der Waals surface area contributed by atoms with E-state index >= 15 is 0 Å².